The number of carbonyl (C=O) groups is 2. The number of nitrogens with one attached hydrogen (secondary N) is 1. The van der Waals surface area contributed by atoms with E-state index in [0.29, 0.717) is 0 Å². The van der Waals surface area contributed by atoms with Crippen LogP contribution in [0.3, 0.4) is 0 Å². The van der Waals surface area contributed by atoms with Gasteiger partial charge in [-0.2, -0.15) is 0 Å². The molecular formula is C15H21NO4. The first kappa shape index (κ1) is 14.6. The van der Waals surface area contributed by atoms with Gasteiger partial charge in [-0.3, -0.25) is 4.79 Å². The lowest BCUT2D eigenvalue weighted by molar-refractivity contribution is -0.133. The van der Waals surface area contributed by atoms with Gasteiger partial charge in [0.2, 0.25) is 5.76 Å². The molecule has 0 aromatic carbocycles. The number of carbonyl (C=O) groups excluding carboxylic acids is 2. The van der Waals surface area contributed by atoms with E-state index in [9.17, 15) is 9.59 Å². The Morgan fingerprint density at radius 3 is 2.60 bits per heavy atom. The molecule has 1 saturated carbocycles. The van der Waals surface area contributed by atoms with Crippen molar-refractivity contribution in [2.24, 2.45) is 5.92 Å². The first-order valence-corrected chi connectivity index (χ1v) is 7.13. The Bertz CT molecular complexity index is 446. The molecule has 1 aromatic heterocycles. The zero-order chi connectivity index (χ0) is 14.5. The van der Waals surface area contributed by atoms with Crippen molar-refractivity contribution >= 4 is 11.9 Å². The molecule has 1 aliphatic carbocycles. The molecule has 1 heterocycles. The fourth-order valence-corrected chi connectivity index (χ4v) is 2.41. The molecule has 0 unspecified atom stereocenters. The predicted molar refractivity (Wildman–Crippen MR) is 73.1 cm³/mol. The van der Waals surface area contributed by atoms with E-state index in [1.54, 1.807) is 6.07 Å². The molecule has 1 N–H and O–H groups in total. The largest absolute Gasteiger partial charge is 0.457 e. The second-order valence-electron chi connectivity index (χ2n) is 5.54. The standard InChI is InChI=1S/C15H21NO4/c1-10(2)13(14(17)16-11-6-3-4-7-11)20-15(18)12-8-5-9-19-12/h5,8-11,13H,3-4,6-7H2,1-2H3,(H,16,17)/t13-/m1/s1. The third-order valence-electron chi connectivity index (χ3n) is 3.52. The molecule has 5 heteroatoms. The Balaban J connectivity index is 1.95. The Labute approximate surface area is 118 Å². The molecule has 110 valence electrons. The lowest BCUT2D eigenvalue weighted by Gasteiger charge is -2.22. The summed E-state index contributed by atoms with van der Waals surface area (Å²) >= 11 is 0. The second kappa shape index (κ2) is 6.59. The normalized spacial score (nSPS) is 17.1. The fraction of sp³-hybridized carbons (Fsp3) is 0.600. The number of rotatable bonds is 5. The SMILES string of the molecule is CC(C)[C@@H](OC(=O)c1ccco1)C(=O)NC1CCCC1. The molecule has 1 atom stereocenters. The van der Waals surface area contributed by atoms with Gasteiger partial charge in [0.25, 0.3) is 5.91 Å². The molecule has 2 rings (SSSR count). The number of esters is 1. The van der Waals surface area contributed by atoms with Crippen LogP contribution in [0.4, 0.5) is 0 Å². The average Bonchev–Trinajstić information content (AvgIpc) is 3.07. The van der Waals surface area contributed by atoms with Crippen LogP contribution in [0.25, 0.3) is 0 Å². The summed E-state index contributed by atoms with van der Waals surface area (Å²) in [5.41, 5.74) is 0. The molecule has 0 saturated heterocycles. The minimum absolute atomic E-state index is 0.0877. The Hall–Kier alpha value is -1.78. The zero-order valence-electron chi connectivity index (χ0n) is 11.9. The maximum atomic E-state index is 12.2. The topological polar surface area (TPSA) is 68.5 Å². The minimum Gasteiger partial charge on any atom is -0.457 e. The lowest BCUT2D eigenvalue weighted by atomic mass is 10.1. The van der Waals surface area contributed by atoms with Crippen molar-refractivity contribution in [3.8, 4) is 0 Å². The predicted octanol–water partition coefficient (Wildman–Crippen LogP) is 2.52. The van der Waals surface area contributed by atoms with Gasteiger partial charge in [-0.05, 0) is 30.9 Å². The van der Waals surface area contributed by atoms with E-state index in [4.69, 9.17) is 9.15 Å². The molecule has 20 heavy (non-hydrogen) atoms. The van der Waals surface area contributed by atoms with Crippen LogP contribution < -0.4 is 5.32 Å². The summed E-state index contributed by atoms with van der Waals surface area (Å²) in [6, 6.07) is 3.35. The summed E-state index contributed by atoms with van der Waals surface area (Å²) < 4.78 is 10.3. The third-order valence-corrected chi connectivity index (χ3v) is 3.52. The number of hydrogen-bond donors (Lipinski definition) is 1. The van der Waals surface area contributed by atoms with Gasteiger partial charge in [0.15, 0.2) is 6.10 Å². The number of furan rings is 1. The lowest BCUT2D eigenvalue weighted by Crippen LogP contribution is -2.44. The quantitative estimate of drug-likeness (QED) is 0.841. The Morgan fingerprint density at radius 2 is 2.05 bits per heavy atom. The molecule has 0 spiro atoms. The summed E-state index contributed by atoms with van der Waals surface area (Å²) in [6.07, 6.45) is 4.91. The molecule has 0 bridgehead atoms. The Kier molecular flexibility index (Phi) is 4.82. The van der Waals surface area contributed by atoms with Crippen LogP contribution in [0.2, 0.25) is 0 Å². The van der Waals surface area contributed by atoms with Crippen LogP contribution in [0.15, 0.2) is 22.8 Å². The van der Waals surface area contributed by atoms with E-state index in [-0.39, 0.29) is 23.6 Å². The first-order valence-electron chi connectivity index (χ1n) is 7.13. The van der Waals surface area contributed by atoms with Crippen molar-refractivity contribution in [1.82, 2.24) is 5.32 Å². The van der Waals surface area contributed by atoms with Crippen molar-refractivity contribution in [2.45, 2.75) is 51.7 Å². The maximum Gasteiger partial charge on any atom is 0.375 e. The second-order valence-corrected chi connectivity index (χ2v) is 5.54. The van der Waals surface area contributed by atoms with Gasteiger partial charge in [0, 0.05) is 6.04 Å². The summed E-state index contributed by atoms with van der Waals surface area (Å²) in [4.78, 5) is 24.1. The van der Waals surface area contributed by atoms with Crippen molar-refractivity contribution in [3.63, 3.8) is 0 Å². The van der Waals surface area contributed by atoms with Crippen molar-refractivity contribution in [2.75, 3.05) is 0 Å². The van der Waals surface area contributed by atoms with Crippen molar-refractivity contribution in [3.05, 3.63) is 24.2 Å². The molecule has 1 amide bonds. The summed E-state index contributed by atoms with van der Waals surface area (Å²) in [7, 11) is 0. The van der Waals surface area contributed by atoms with Gasteiger partial charge < -0.3 is 14.5 Å². The highest BCUT2D eigenvalue weighted by Gasteiger charge is 2.30. The Morgan fingerprint density at radius 1 is 1.35 bits per heavy atom. The molecule has 0 aliphatic heterocycles. The van der Waals surface area contributed by atoms with Gasteiger partial charge >= 0.3 is 5.97 Å². The fourth-order valence-electron chi connectivity index (χ4n) is 2.41. The maximum absolute atomic E-state index is 12.2. The van der Waals surface area contributed by atoms with E-state index >= 15 is 0 Å². The molecule has 5 nitrogen and oxygen atoms in total. The van der Waals surface area contributed by atoms with Crippen LogP contribution in [0.1, 0.15) is 50.1 Å². The van der Waals surface area contributed by atoms with Crippen LogP contribution in [-0.2, 0) is 9.53 Å². The first-order chi connectivity index (χ1) is 9.58. The monoisotopic (exact) mass is 279 g/mol. The highest BCUT2D eigenvalue weighted by Crippen LogP contribution is 2.19. The summed E-state index contributed by atoms with van der Waals surface area (Å²) in [5.74, 6) is -0.790. The van der Waals surface area contributed by atoms with Crippen LogP contribution in [-0.4, -0.2) is 24.0 Å². The van der Waals surface area contributed by atoms with Crippen LogP contribution in [0.5, 0.6) is 0 Å². The third kappa shape index (κ3) is 3.62. The van der Waals surface area contributed by atoms with E-state index in [1.165, 1.54) is 12.3 Å². The highest BCUT2D eigenvalue weighted by molar-refractivity contribution is 5.90. The van der Waals surface area contributed by atoms with Crippen molar-refractivity contribution < 1.29 is 18.7 Å². The average molecular weight is 279 g/mol. The molecule has 1 aromatic rings. The van der Waals surface area contributed by atoms with Gasteiger partial charge in [0.05, 0.1) is 6.26 Å². The molecule has 1 fully saturated rings. The van der Waals surface area contributed by atoms with E-state index in [2.05, 4.69) is 5.32 Å². The van der Waals surface area contributed by atoms with Gasteiger partial charge in [-0.25, -0.2) is 4.79 Å². The molecule has 0 radical (unpaired) electrons. The van der Waals surface area contributed by atoms with E-state index in [1.807, 2.05) is 13.8 Å². The molecule has 1 aliphatic rings. The summed E-state index contributed by atoms with van der Waals surface area (Å²) in [6.45, 7) is 3.71. The number of amides is 1. The van der Waals surface area contributed by atoms with E-state index in [0.717, 1.165) is 25.7 Å². The van der Waals surface area contributed by atoms with Gasteiger partial charge in [-0.15, -0.1) is 0 Å². The minimum atomic E-state index is -0.784. The highest BCUT2D eigenvalue weighted by atomic mass is 16.6. The summed E-state index contributed by atoms with van der Waals surface area (Å²) in [5, 5.41) is 2.96. The van der Waals surface area contributed by atoms with E-state index < -0.39 is 12.1 Å². The number of ether oxygens (including phenoxy) is 1. The van der Waals surface area contributed by atoms with Crippen molar-refractivity contribution in [1.29, 1.82) is 0 Å². The van der Waals surface area contributed by atoms with Crippen LogP contribution >= 0.6 is 0 Å². The zero-order valence-corrected chi connectivity index (χ0v) is 11.9. The smallest absolute Gasteiger partial charge is 0.375 e. The van der Waals surface area contributed by atoms with Gasteiger partial charge in [0.1, 0.15) is 0 Å². The van der Waals surface area contributed by atoms with Crippen LogP contribution in [0, 0.1) is 5.92 Å². The number of hydrogen-bond acceptors (Lipinski definition) is 4. The van der Waals surface area contributed by atoms with Gasteiger partial charge in [-0.1, -0.05) is 26.7 Å². The molecular weight excluding hydrogens is 258 g/mol.